The first-order valence-corrected chi connectivity index (χ1v) is 24.2. The summed E-state index contributed by atoms with van der Waals surface area (Å²) in [4.78, 5) is 26.0. The third-order valence-corrected chi connectivity index (χ3v) is 11.0. The van der Waals surface area contributed by atoms with Crippen LogP contribution in [0.5, 0.6) is 0 Å². The van der Waals surface area contributed by atoms with Gasteiger partial charge < -0.3 is 20.3 Å². The smallest absolute Gasteiger partial charge is 0.306 e. The number of unbranched alkanes of at least 4 members (excludes halogenated alkanes) is 25. The largest absolute Gasteiger partial charge is 0.462 e. The highest BCUT2D eigenvalue weighted by Gasteiger charge is 2.24. The minimum Gasteiger partial charge on any atom is -0.462 e. The summed E-state index contributed by atoms with van der Waals surface area (Å²) >= 11 is 0. The van der Waals surface area contributed by atoms with Crippen LogP contribution in [0, 0.1) is 0 Å². The van der Waals surface area contributed by atoms with Crippen molar-refractivity contribution >= 4 is 11.9 Å². The van der Waals surface area contributed by atoms with Gasteiger partial charge in [0.1, 0.15) is 6.10 Å². The van der Waals surface area contributed by atoms with Gasteiger partial charge in [0.05, 0.1) is 25.2 Å². The quantitative estimate of drug-likeness (QED) is 0.0325. The number of ether oxygens (including phenoxy) is 1. The average molecular weight is 788 g/mol. The molecule has 0 radical (unpaired) electrons. The Balaban J connectivity index is 4.53. The standard InChI is InChI=1S/C50H93NO5/c1-4-7-10-13-16-19-22-23-24-25-26-28-31-34-37-40-43-50(55)56-46(41-38-35-32-29-21-18-15-12-9-6-3)44-49(54)51-47(45-52)48(53)42-39-36-33-30-27-20-17-14-11-8-5-2/h7,10,16,19,23-24,46-48,52-53H,4-6,8-9,11-15,17-18,20-22,25-45H2,1-3H3,(H,51,54)/b10-7+,19-16+,24-23+. The van der Waals surface area contributed by atoms with E-state index in [1.165, 1.54) is 122 Å². The lowest BCUT2D eigenvalue weighted by molar-refractivity contribution is -0.151. The maximum atomic E-state index is 13.1. The molecule has 0 saturated heterocycles. The number of nitrogens with one attached hydrogen (secondary N) is 1. The van der Waals surface area contributed by atoms with Gasteiger partial charge in [-0.25, -0.2) is 0 Å². The van der Waals surface area contributed by atoms with Crippen LogP contribution >= 0.6 is 0 Å². The van der Waals surface area contributed by atoms with Crippen molar-refractivity contribution in [2.24, 2.45) is 0 Å². The molecule has 0 fully saturated rings. The van der Waals surface area contributed by atoms with Crippen LogP contribution < -0.4 is 5.32 Å². The molecule has 6 nitrogen and oxygen atoms in total. The first-order chi connectivity index (χ1) is 27.5. The van der Waals surface area contributed by atoms with Gasteiger partial charge in [-0.2, -0.15) is 0 Å². The monoisotopic (exact) mass is 788 g/mol. The number of aliphatic hydroxyl groups is 2. The summed E-state index contributed by atoms with van der Waals surface area (Å²) in [6, 6.07) is -0.699. The molecule has 0 spiro atoms. The molecule has 0 aromatic heterocycles. The van der Waals surface area contributed by atoms with E-state index < -0.39 is 18.2 Å². The fraction of sp³-hybridized carbons (Fsp3) is 0.840. The summed E-state index contributed by atoms with van der Waals surface area (Å²) in [5.41, 5.74) is 0. The van der Waals surface area contributed by atoms with Gasteiger partial charge in [0.15, 0.2) is 0 Å². The van der Waals surface area contributed by atoms with Crippen molar-refractivity contribution in [2.45, 2.75) is 264 Å². The van der Waals surface area contributed by atoms with E-state index in [0.717, 1.165) is 77.0 Å². The zero-order chi connectivity index (χ0) is 41.0. The number of carbonyl (C=O) groups is 2. The van der Waals surface area contributed by atoms with Gasteiger partial charge in [-0.15, -0.1) is 0 Å². The summed E-state index contributed by atoms with van der Waals surface area (Å²) in [5.74, 6) is -0.483. The van der Waals surface area contributed by atoms with Gasteiger partial charge in [-0.05, 0) is 57.8 Å². The molecule has 0 bridgehead atoms. The number of amides is 1. The highest BCUT2D eigenvalue weighted by molar-refractivity contribution is 5.77. The molecule has 0 saturated carbocycles. The molecule has 0 aliphatic rings. The van der Waals surface area contributed by atoms with Gasteiger partial charge in [-0.1, -0.05) is 211 Å². The Morgan fingerprint density at radius 3 is 1.46 bits per heavy atom. The molecule has 0 aliphatic carbocycles. The van der Waals surface area contributed by atoms with Gasteiger partial charge in [-0.3, -0.25) is 9.59 Å². The molecule has 6 heteroatoms. The lowest BCUT2D eigenvalue weighted by Gasteiger charge is -2.24. The van der Waals surface area contributed by atoms with Crippen LogP contribution in [0.15, 0.2) is 36.5 Å². The van der Waals surface area contributed by atoms with E-state index in [4.69, 9.17) is 4.74 Å². The van der Waals surface area contributed by atoms with E-state index in [1.54, 1.807) is 0 Å². The first-order valence-electron chi connectivity index (χ1n) is 24.2. The van der Waals surface area contributed by atoms with Crippen LogP contribution in [-0.2, 0) is 14.3 Å². The molecule has 0 rings (SSSR count). The minimum absolute atomic E-state index is 0.0753. The Bertz CT molecular complexity index is 930. The molecule has 3 unspecified atom stereocenters. The fourth-order valence-corrected chi connectivity index (χ4v) is 7.33. The molecular formula is C50H93NO5. The summed E-state index contributed by atoms with van der Waals surface area (Å²) in [6.45, 7) is 6.35. The second-order valence-corrected chi connectivity index (χ2v) is 16.5. The van der Waals surface area contributed by atoms with Crippen molar-refractivity contribution in [3.8, 4) is 0 Å². The van der Waals surface area contributed by atoms with Crippen molar-refractivity contribution in [2.75, 3.05) is 6.61 Å². The van der Waals surface area contributed by atoms with Crippen molar-refractivity contribution < 1.29 is 24.5 Å². The summed E-state index contributed by atoms with van der Waals surface area (Å²) in [5, 5.41) is 23.7. The van der Waals surface area contributed by atoms with E-state index in [-0.39, 0.29) is 24.9 Å². The third kappa shape index (κ3) is 38.9. The zero-order valence-corrected chi connectivity index (χ0v) is 37.3. The second-order valence-electron chi connectivity index (χ2n) is 16.5. The Morgan fingerprint density at radius 2 is 0.964 bits per heavy atom. The number of allylic oxidation sites excluding steroid dienone is 6. The summed E-state index contributed by atoms with van der Waals surface area (Å²) in [7, 11) is 0. The molecule has 1 amide bonds. The highest BCUT2D eigenvalue weighted by atomic mass is 16.5. The van der Waals surface area contributed by atoms with E-state index in [2.05, 4.69) is 62.5 Å². The van der Waals surface area contributed by atoms with Crippen molar-refractivity contribution in [1.29, 1.82) is 0 Å². The number of esters is 1. The number of hydrogen-bond acceptors (Lipinski definition) is 5. The van der Waals surface area contributed by atoms with Crippen molar-refractivity contribution in [1.82, 2.24) is 5.32 Å². The maximum Gasteiger partial charge on any atom is 0.306 e. The summed E-state index contributed by atoms with van der Waals surface area (Å²) in [6.07, 6.45) is 50.6. The predicted octanol–water partition coefficient (Wildman–Crippen LogP) is 14.1. The van der Waals surface area contributed by atoms with E-state index in [1.807, 2.05) is 0 Å². The Morgan fingerprint density at radius 1 is 0.536 bits per heavy atom. The lowest BCUT2D eigenvalue weighted by Crippen LogP contribution is -2.46. The van der Waals surface area contributed by atoms with Crippen LogP contribution in [0.3, 0.4) is 0 Å². The lowest BCUT2D eigenvalue weighted by atomic mass is 10.0. The molecule has 3 atom stereocenters. The predicted molar refractivity (Wildman–Crippen MR) is 241 cm³/mol. The molecular weight excluding hydrogens is 695 g/mol. The highest BCUT2D eigenvalue weighted by Crippen LogP contribution is 2.18. The normalized spacial score (nSPS) is 13.6. The third-order valence-electron chi connectivity index (χ3n) is 11.0. The summed E-state index contributed by atoms with van der Waals surface area (Å²) < 4.78 is 5.91. The van der Waals surface area contributed by atoms with E-state index in [9.17, 15) is 19.8 Å². The van der Waals surface area contributed by atoms with E-state index in [0.29, 0.717) is 19.3 Å². The van der Waals surface area contributed by atoms with Gasteiger partial charge in [0.2, 0.25) is 5.91 Å². The van der Waals surface area contributed by atoms with E-state index >= 15 is 0 Å². The van der Waals surface area contributed by atoms with Crippen LogP contribution in [0.4, 0.5) is 0 Å². The molecule has 0 aliphatic heterocycles. The SMILES string of the molecule is CC/C=C/C/C=C/C/C=C/CCCCCCCCC(=O)OC(CCCCCCCCCCCC)CC(=O)NC(CO)C(O)CCCCCCCCCCCCC. The van der Waals surface area contributed by atoms with Crippen molar-refractivity contribution in [3.05, 3.63) is 36.5 Å². The molecule has 0 aromatic carbocycles. The number of carbonyl (C=O) groups excluding carboxylic acids is 2. The molecule has 3 N–H and O–H groups in total. The van der Waals surface area contributed by atoms with Crippen LogP contribution in [0.2, 0.25) is 0 Å². The van der Waals surface area contributed by atoms with Crippen LogP contribution in [0.25, 0.3) is 0 Å². The fourth-order valence-electron chi connectivity index (χ4n) is 7.33. The zero-order valence-electron chi connectivity index (χ0n) is 37.3. The van der Waals surface area contributed by atoms with Crippen molar-refractivity contribution in [3.63, 3.8) is 0 Å². The first kappa shape index (κ1) is 54.1. The maximum absolute atomic E-state index is 13.1. The minimum atomic E-state index is -0.785. The average Bonchev–Trinajstić information content (AvgIpc) is 3.19. The molecule has 0 aromatic rings. The molecule has 328 valence electrons. The van der Waals surface area contributed by atoms with Gasteiger partial charge in [0, 0.05) is 6.42 Å². The molecule has 0 heterocycles. The number of aliphatic hydroxyl groups excluding tert-OH is 2. The Kier molecular flexibility index (Phi) is 42.7. The van der Waals surface area contributed by atoms with Gasteiger partial charge in [0.25, 0.3) is 0 Å². The second kappa shape index (κ2) is 44.2. The topological polar surface area (TPSA) is 95.9 Å². The Hall–Kier alpha value is -1.92. The number of rotatable bonds is 43. The van der Waals surface area contributed by atoms with Crippen LogP contribution in [-0.4, -0.2) is 46.9 Å². The van der Waals surface area contributed by atoms with Crippen LogP contribution in [0.1, 0.15) is 245 Å². The Labute approximate surface area is 347 Å². The molecule has 56 heavy (non-hydrogen) atoms. The number of hydrogen-bond donors (Lipinski definition) is 3. The van der Waals surface area contributed by atoms with Gasteiger partial charge >= 0.3 is 5.97 Å².